The van der Waals surface area contributed by atoms with Crippen LogP contribution >= 0.6 is 0 Å². The fourth-order valence-electron chi connectivity index (χ4n) is 2.45. The first-order valence-electron chi connectivity index (χ1n) is 8.01. The molecule has 23 heavy (non-hydrogen) atoms. The van der Waals surface area contributed by atoms with Crippen molar-refractivity contribution in [2.75, 3.05) is 5.32 Å². The molecule has 1 unspecified atom stereocenters. The van der Waals surface area contributed by atoms with Crippen molar-refractivity contribution in [1.29, 1.82) is 0 Å². The normalized spacial score (nSPS) is 12.1. The fraction of sp³-hybridized carbons (Fsp3) is 0.350. The number of nitrogens with one attached hydrogen (secondary N) is 1. The van der Waals surface area contributed by atoms with Crippen molar-refractivity contribution in [3.05, 3.63) is 59.2 Å². The smallest absolute Gasteiger partial charge is 0.265 e. The molecule has 1 atom stereocenters. The van der Waals surface area contributed by atoms with Crippen molar-refractivity contribution < 1.29 is 9.53 Å². The van der Waals surface area contributed by atoms with E-state index in [4.69, 9.17) is 4.74 Å². The maximum atomic E-state index is 12.3. The number of rotatable bonds is 5. The monoisotopic (exact) mass is 311 g/mol. The molecular weight excluding hydrogens is 286 g/mol. The molecule has 0 aliphatic rings. The van der Waals surface area contributed by atoms with Crippen LogP contribution in [0.25, 0.3) is 0 Å². The van der Waals surface area contributed by atoms with E-state index in [1.165, 1.54) is 5.56 Å². The highest BCUT2D eigenvalue weighted by Crippen LogP contribution is 2.19. The number of aryl methyl sites for hydroxylation is 2. The number of hydrogen-bond donors (Lipinski definition) is 1. The van der Waals surface area contributed by atoms with Gasteiger partial charge in [0, 0.05) is 5.69 Å². The molecule has 0 aliphatic carbocycles. The second kappa shape index (κ2) is 7.32. The van der Waals surface area contributed by atoms with Gasteiger partial charge in [0.15, 0.2) is 6.10 Å². The van der Waals surface area contributed by atoms with Gasteiger partial charge in [-0.2, -0.15) is 0 Å². The van der Waals surface area contributed by atoms with E-state index in [-0.39, 0.29) is 5.91 Å². The average molecular weight is 311 g/mol. The van der Waals surface area contributed by atoms with Crippen LogP contribution in [0.15, 0.2) is 42.5 Å². The number of amides is 1. The molecule has 1 N–H and O–H groups in total. The third-order valence-corrected chi connectivity index (χ3v) is 3.72. The van der Waals surface area contributed by atoms with Crippen LogP contribution in [0.5, 0.6) is 5.75 Å². The van der Waals surface area contributed by atoms with Gasteiger partial charge in [0.2, 0.25) is 0 Å². The summed E-state index contributed by atoms with van der Waals surface area (Å²) in [4.78, 5) is 12.3. The molecule has 2 rings (SSSR count). The number of hydrogen-bond acceptors (Lipinski definition) is 2. The molecule has 2 aromatic rings. The van der Waals surface area contributed by atoms with Crippen LogP contribution in [0, 0.1) is 13.8 Å². The van der Waals surface area contributed by atoms with Gasteiger partial charge in [-0.3, -0.25) is 4.79 Å². The Morgan fingerprint density at radius 2 is 1.52 bits per heavy atom. The maximum absolute atomic E-state index is 12.3. The maximum Gasteiger partial charge on any atom is 0.265 e. The second-order valence-electron chi connectivity index (χ2n) is 6.35. The summed E-state index contributed by atoms with van der Waals surface area (Å²) < 4.78 is 5.76. The lowest BCUT2D eigenvalue weighted by atomic mass is 10.0. The van der Waals surface area contributed by atoms with Gasteiger partial charge in [0.1, 0.15) is 5.75 Å². The third-order valence-electron chi connectivity index (χ3n) is 3.72. The minimum atomic E-state index is -0.555. The zero-order chi connectivity index (χ0) is 17.0. The second-order valence-corrected chi connectivity index (χ2v) is 6.35. The van der Waals surface area contributed by atoms with E-state index in [1.54, 1.807) is 6.92 Å². The lowest BCUT2D eigenvalue weighted by Crippen LogP contribution is -2.30. The zero-order valence-corrected chi connectivity index (χ0v) is 14.5. The van der Waals surface area contributed by atoms with Crippen molar-refractivity contribution in [3.8, 4) is 5.75 Å². The van der Waals surface area contributed by atoms with Gasteiger partial charge in [-0.05, 0) is 67.6 Å². The van der Waals surface area contributed by atoms with Gasteiger partial charge in [0.25, 0.3) is 5.91 Å². The van der Waals surface area contributed by atoms with Crippen LogP contribution in [0.4, 0.5) is 5.69 Å². The van der Waals surface area contributed by atoms with Crippen LogP contribution in [0.2, 0.25) is 0 Å². The Morgan fingerprint density at radius 3 is 2.04 bits per heavy atom. The zero-order valence-electron chi connectivity index (χ0n) is 14.5. The molecule has 0 fully saturated rings. The van der Waals surface area contributed by atoms with Gasteiger partial charge >= 0.3 is 0 Å². The lowest BCUT2D eigenvalue weighted by molar-refractivity contribution is -0.122. The average Bonchev–Trinajstić information content (AvgIpc) is 2.46. The molecule has 2 aromatic carbocycles. The molecule has 1 amide bonds. The molecule has 0 spiro atoms. The number of ether oxygens (including phenoxy) is 1. The van der Waals surface area contributed by atoms with Crippen molar-refractivity contribution >= 4 is 11.6 Å². The third kappa shape index (κ3) is 4.85. The molecule has 0 bridgehead atoms. The topological polar surface area (TPSA) is 38.3 Å². The van der Waals surface area contributed by atoms with Gasteiger partial charge < -0.3 is 10.1 Å². The Labute approximate surface area is 138 Å². The molecule has 0 heterocycles. The summed E-state index contributed by atoms with van der Waals surface area (Å²) in [6.07, 6.45) is -0.555. The fourth-order valence-corrected chi connectivity index (χ4v) is 2.45. The highest BCUT2D eigenvalue weighted by Gasteiger charge is 2.15. The van der Waals surface area contributed by atoms with E-state index in [0.29, 0.717) is 5.92 Å². The van der Waals surface area contributed by atoms with E-state index >= 15 is 0 Å². The Kier molecular flexibility index (Phi) is 5.43. The molecule has 3 heteroatoms. The first-order chi connectivity index (χ1) is 10.8. The van der Waals surface area contributed by atoms with E-state index in [1.807, 2.05) is 50.2 Å². The predicted molar refractivity (Wildman–Crippen MR) is 95.2 cm³/mol. The summed E-state index contributed by atoms with van der Waals surface area (Å²) in [6.45, 7) is 10.1. The van der Waals surface area contributed by atoms with Crippen molar-refractivity contribution in [1.82, 2.24) is 0 Å². The molecule has 3 nitrogen and oxygen atoms in total. The highest BCUT2D eigenvalue weighted by molar-refractivity contribution is 5.94. The van der Waals surface area contributed by atoms with E-state index in [9.17, 15) is 4.79 Å². The summed E-state index contributed by atoms with van der Waals surface area (Å²) in [5, 5.41) is 2.89. The minimum Gasteiger partial charge on any atom is -0.481 e. The molecule has 122 valence electrons. The molecule has 0 radical (unpaired) electrons. The van der Waals surface area contributed by atoms with E-state index < -0.39 is 6.10 Å². The number of benzene rings is 2. The molecule has 0 aromatic heterocycles. The Morgan fingerprint density at radius 1 is 0.957 bits per heavy atom. The number of carbonyl (C=O) groups excluding carboxylic acids is 1. The molecule has 0 saturated heterocycles. The van der Waals surface area contributed by atoms with Gasteiger partial charge in [-0.25, -0.2) is 0 Å². The SMILES string of the molecule is Cc1cc(C)cc(OC(C)C(=O)Nc2ccc(C(C)C)cc2)c1. The van der Waals surface area contributed by atoms with Crippen molar-refractivity contribution in [2.24, 2.45) is 0 Å². The van der Waals surface area contributed by atoms with E-state index in [2.05, 4.69) is 25.2 Å². The van der Waals surface area contributed by atoms with Crippen molar-refractivity contribution in [3.63, 3.8) is 0 Å². The number of carbonyl (C=O) groups is 1. The largest absolute Gasteiger partial charge is 0.481 e. The van der Waals surface area contributed by atoms with Crippen LogP contribution in [-0.4, -0.2) is 12.0 Å². The Bertz CT molecular complexity index is 654. The summed E-state index contributed by atoms with van der Waals surface area (Å²) in [5.41, 5.74) is 4.28. The predicted octanol–water partition coefficient (Wildman–Crippen LogP) is 4.83. The van der Waals surface area contributed by atoms with E-state index in [0.717, 1.165) is 22.6 Å². The van der Waals surface area contributed by atoms with Crippen LogP contribution in [0.1, 0.15) is 43.4 Å². The first kappa shape index (κ1) is 17.1. The van der Waals surface area contributed by atoms with Crippen molar-refractivity contribution in [2.45, 2.75) is 46.6 Å². The highest BCUT2D eigenvalue weighted by atomic mass is 16.5. The van der Waals surface area contributed by atoms with Crippen LogP contribution < -0.4 is 10.1 Å². The minimum absolute atomic E-state index is 0.151. The standard InChI is InChI=1S/C20H25NO2/c1-13(2)17-6-8-18(9-7-17)21-20(22)16(5)23-19-11-14(3)10-15(4)12-19/h6-13,16H,1-5H3,(H,21,22). The molecule has 0 saturated carbocycles. The first-order valence-corrected chi connectivity index (χ1v) is 8.01. The van der Waals surface area contributed by atoms with Crippen LogP contribution in [-0.2, 0) is 4.79 Å². The Balaban J connectivity index is 1.99. The van der Waals surface area contributed by atoms with Crippen LogP contribution in [0.3, 0.4) is 0 Å². The van der Waals surface area contributed by atoms with Gasteiger partial charge in [0.05, 0.1) is 0 Å². The lowest BCUT2D eigenvalue weighted by Gasteiger charge is -2.16. The summed E-state index contributed by atoms with van der Waals surface area (Å²) >= 11 is 0. The molecule has 0 aliphatic heterocycles. The Hall–Kier alpha value is -2.29. The summed E-state index contributed by atoms with van der Waals surface area (Å²) in [6, 6.07) is 13.9. The summed E-state index contributed by atoms with van der Waals surface area (Å²) in [5.74, 6) is 1.05. The van der Waals surface area contributed by atoms with Gasteiger partial charge in [-0.15, -0.1) is 0 Å². The summed E-state index contributed by atoms with van der Waals surface area (Å²) in [7, 11) is 0. The quantitative estimate of drug-likeness (QED) is 0.858. The molecular formula is C20H25NO2. The number of anilines is 1. The van der Waals surface area contributed by atoms with Gasteiger partial charge in [-0.1, -0.05) is 32.0 Å².